The number of hydrogen-bond donors (Lipinski definition) is 1. The molecule has 1 N–H and O–H groups in total. The average Bonchev–Trinajstić information content (AvgIpc) is 3.35. The highest BCUT2D eigenvalue weighted by Gasteiger charge is 2.33. The fraction of sp³-hybridized carbons (Fsp3) is 0.462. The molecule has 3 rings (SSSR count). The van der Waals surface area contributed by atoms with E-state index in [0.717, 1.165) is 57.6 Å². The quantitative estimate of drug-likeness (QED) is 0.523. The molecule has 10 heteroatoms. The van der Waals surface area contributed by atoms with Crippen molar-refractivity contribution < 1.29 is 22.4 Å². The predicted molar refractivity (Wildman–Crippen MR) is 138 cm³/mol. The summed E-state index contributed by atoms with van der Waals surface area (Å²) in [6, 6.07) is 11.7. The summed E-state index contributed by atoms with van der Waals surface area (Å²) in [7, 11) is -1.36. The first-order valence-electron chi connectivity index (χ1n) is 12.1. The number of hydrogen-bond acceptors (Lipinski definition) is 4. The normalized spacial score (nSPS) is 15.1. The summed E-state index contributed by atoms with van der Waals surface area (Å²) in [4.78, 5) is 28.3. The van der Waals surface area contributed by atoms with Gasteiger partial charge in [0, 0.05) is 26.7 Å². The second-order valence-corrected chi connectivity index (χ2v) is 11.5. The third kappa shape index (κ3) is 6.61. The van der Waals surface area contributed by atoms with Gasteiger partial charge < -0.3 is 10.2 Å². The van der Waals surface area contributed by atoms with Gasteiger partial charge >= 0.3 is 10.2 Å². The lowest BCUT2D eigenvalue weighted by Gasteiger charge is -2.33. The maximum atomic E-state index is 13.7. The summed E-state index contributed by atoms with van der Waals surface area (Å²) in [5.41, 5.74) is 1.96. The summed E-state index contributed by atoms with van der Waals surface area (Å²) < 4.78 is 41.7. The minimum Gasteiger partial charge on any atom is -0.352 e. The molecule has 1 aliphatic carbocycles. The van der Waals surface area contributed by atoms with Gasteiger partial charge in [-0.15, -0.1) is 0 Å². The van der Waals surface area contributed by atoms with Gasteiger partial charge in [0.15, 0.2) is 0 Å². The molecule has 0 aliphatic heterocycles. The monoisotopic (exact) mass is 518 g/mol. The SMILES string of the molecule is Cc1ccccc1CN(C(=O)CN(c1ccc(F)cc1)S(=O)(=O)N(C)C)[C@H](C)C(=O)NC1CCCC1. The largest absolute Gasteiger partial charge is 0.352 e. The van der Waals surface area contributed by atoms with Crippen LogP contribution in [-0.2, 0) is 26.3 Å². The van der Waals surface area contributed by atoms with Crippen LogP contribution in [0.3, 0.4) is 0 Å². The van der Waals surface area contributed by atoms with Crippen molar-refractivity contribution in [1.82, 2.24) is 14.5 Å². The van der Waals surface area contributed by atoms with E-state index in [0.29, 0.717) is 0 Å². The second-order valence-electron chi connectivity index (χ2n) is 9.39. The molecule has 1 fully saturated rings. The molecule has 196 valence electrons. The molecule has 2 aromatic carbocycles. The van der Waals surface area contributed by atoms with Gasteiger partial charge in [-0.1, -0.05) is 37.1 Å². The number of amides is 2. The van der Waals surface area contributed by atoms with Gasteiger partial charge in [-0.3, -0.25) is 9.59 Å². The Kier molecular flexibility index (Phi) is 9.08. The van der Waals surface area contributed by atoms with Crippen LogP contribution in [0.25, 0.3) is 0 Å². The van der Waals surface area contributed by atoms with E-state index < -0.39 is 34.5 Å². The third-order valence-electron chi connectivity index (χ3n) is 6.60. The van der Waals surface area contributed by atoms with Crippen molar-refractivity contribution in [3.63, 3.8) is 0 Å². The average molecular weight is 519 g/mol. The number of anilines is 1. The van der Waals surface area contributed by atoms with Crippen molar-refractivity contribution in [3.8, 4) is 0 Å². The van der Waals surface area contributed by atoms with Crippen LogP contribution in [0.4, 0.5) is 10.1 Å². The zero-order valence-electron chi connectivity index (χ0n) is 21.3. The van der Waals surface area contributed by atoms with Gasteiger partial charge in [-0.2, -0.15) is 12.7 Å². The minimum atomic E-state index is -4.08. The first kappa shape index (κ1) is 27.6. The number of rotatable bonds is 10. The molecule has 0 aromatic heterocycles. The van der Waals surface area contributed by atoms with Crippen LogP contribution in [0.5, 0.6) is 0 Å². The Morgan fingerprint density at radius 3 is 2.25 bits per heavy atom. The van der Waals surface area contributed by atoms with Crippen molar-refractivity contribution in [1.29, 1.82) is 0 Å². The molecule has 0 heterocycles. The van der Waals surface area contributed by atoms with Gasteiger partial charge in [0.2, 0.25) is 11.8 Å². The molecule has 1 aliphatic rings. The number of benzene rings is 2. The molecule has 2 amide bonds. The third-order valence-corrected chi connectivity index (χ3v) is 8.42. The summed E-state index contributed by atoms with van der Waals surface area (Å²) in [5.74, 6) is -1.33. The fourth-order valence-corrected chi connectivity index (χ4v) is 5.33. The summed E-state index contributed by atoms with van der Waals surface area (Å²) in [6.45, 7) is 3.18. The minimum absolute atomic E-state index is 0.0835. The molecule has 1 saturated carbocycles. The number of carbonyl (C=O) groups excluding carboxylic acids is 2. The maximum absolute atomic E-state index is 13.7. The van der Waals surface area contributed by atoms with E-state index in [-0.39, 0.29) is 24.2 Å². The van der Waals surface area contributed by atoms with Crippen LogP contribution in [0.2, 0.25) is 0 Å². The van der Waals surface area contributed by atoms with Gasteiger partial charge in [-0.05, 0) is 62.1 Å². The van der Waals surface area contributed by atoms with Crippen LogP contribution >= 0.6 is 0 Å². The lowest BCUT2D eigenvalue weighted by Crippen LogP contribution is -2.53. The Labute approximate surface area is 213 Å². The van der Waals surface area contributed by atoms with Crippen LogP contribution in [0.1, 0.15) is 43.7 Å². The lowest BCUT2D eigenvalue weighted by molar-refractivity contribution is -0.139. The number of aryl methyl sites for hydroxylation is 1. The van der Waals surface area contributed by atoms with E-state index >= 15 is 0 Å². The first-order chi connectivity index (χ1) is 17.0. The number of nitrogens with zero attached hydrogens (tertiary/aromatic N) is 3. The molecule has 0 radical (unpaired) electrons. The van der Waals surface area contributed by atoms with Crippen molar-refractivity contribution in [2.75, 3.05) is 24.9 Å². The smallest absolute Gasteiger partial charge is 0.304 e. The standard InChI is InChI=1S/C26H35FN4O4S/c1-19-9-5-6-10-21(19)17-30(20(2)26(33)28-23-11-7-8-12-23)25(32)18-31(36(34,35)29(3)4)24-15-13-22(27)14-16-24/h5-6,9-10,13-16,20,23H,7-8,11-12,17-18H2,1-4H3,(H,28,33)/t20-/m1/s1. The fourth-order valence-electron chi connectivity index (χ4n) is 4.27. The van der Waals surface area contributed by atoms with Crippen LogP contribution < -0.4 is 9.62 Å². The van der Waals surface area contributed by atoms with Crippen molar-refractivity contribution in [2.24, 2.45) is 0 Å². The van der Waals surface area contributed by atoms with E-state index in [1.165, 1.54) is 31.1 Å². The number of carbonyl (C=O) groups is 2. The lowest BCUT2D eigenvalue weighted by atomic mass is 10.1. The van der Waals surface area contributed by atoms with E-state index in [1.54, 1.807) is 6.92 Å². The molecule has 8 nitrogen and oxygen atoms in total. The molecule has 36 heavy (non-hydrogen) atoms. The molecule has 2 aromatic rings. The second kappa shape index (κ2) is 11.8. The highest BCUT2D eigenvalue weighted by atomic mass is 32.2. The van der Waals surface area contributed by atoms with Crippen LogP contribution in [0.15, 0.2) is 48.5 Å². The number of halogens is 1. The van der Waals surface area contributed by atoms with Crippen LogP contribution in [-0.4, -0.2) is 62.2 Å². The van der Waals surface area contributed by atoms with Gasteiger partial charge in [-0.25, -0.2) is 8.70 Å². The zero-order chi connectivity index (χ0) is 26.5. The van der Waals surface area contributed by atoms with E-state index in [4.69, 9.17) is 0 Å². The van der Waals surface area contributed by atoms with E-state index in [2.05, 4.69) is 5.32 Å². The summed E-state index contributed by atoms with van der Waals surface area (Å²) in [5, 5.41) is 3.04. The summed E-state index contributed by atoms with van der Waals surface area (Å²) >= 11 is 0. The van der Waals surface area contributed by atoms with Gasteiger partial charge in [0.1, 0.15) is 18.4 Å². The highest BCUT2D eigenvalue weighted by molar-refractivity contribution is 7.90. The molecular weight excluding hydrogens is 483 g/mol. The predicted octanol–water partition coefficient (Wildman–Crippen LogP) is 3.22. The zero-order valence-corrected chi connectivity index (χ0v) is 22.1. The molecule has 0 bridgehead atoms. The van der Waals surface area contributed by atoms with Gasteiger partial charge in [0.05, 0.1) is 5.69 Å². The van der Waals surface area contributed by atoms with Crippen molar-refractivity contribution >= 4 is 27.7 Å². The Balaban J connectivity index is 1.93. The molecule has 0 saturated heterocycles. The Hall–Kier alpha value is -2.98. The van der Waals surface area contributed by atoms with Crippen molar-refractivity contribution in [3.05, 3.63) is 65.5 Å². The molecule has 1 atom stereocenters. The number of nitrogens with one attached hydrogen (secondary N) is 1. The van der Waals surface area contributed by atoms with Gasteiger partial charge in [0.25, 0.3) is 0 Å². The van der Waals surface area contributed by atoms with E-state index in [9.17, 15) is 22.4 Å². The topological polar surface area (TPSA) is 90.0 Å². The summed E-state index contributed by atoms with van der Waals surface area (Å²) in [6.07, 6.45) is 3.92. The van der Waals surface area contributed by atoms with Crippen molar-refractivity contribution in [2.45, 2.75) is 58.2 Å². The molecule has 0 unspecified atom stereocenters. The molecule has 0 spiro atoms. The Bertz CT molecular complexity index is 1160. The Morgan fingerprint density at radius 1 is 1.06 bits per heavy atom. The maximum Gasteiger partial charge on any atom is 0.304 e. The van der Waals surface area contributed by atoms with Crippen LogP contribution in [0, 0.1) is 12.7 Å². The van der Waals surface area contributed by atoms with E-state index in [1.807, 2.05) is 31.2 Å². The molecular formula is C26H35FN4O4S. The highest BCUT2D eigenvalue weighted by Crippen LogP contribution is 2.22. The Morgan fingerprint density at radius 2 is 1.67 bits per heavy atom. The first-order valence-corrected chi connectivity index (χ1v) is 13.5.